The highest BCUT2D eigenvalue weighted by molar-refractivity contribution is 5.98. The van der Waals surface area contributed by atoms with Gasteiger partial charge in [-0.15, -0.1) is 0 Å². The van der Waals surface area contributed by atoms with Gasteiger partial charge in [0.05, 0.1) is 6.04 Å². The zero-order chi connectivity index (χ0) is 26.2. The van der Waals surface area contributed by atoms with E-state index in [0.29, 0.717) is 17.3 Å². The molecule has 4 aromatic rings. The van der Waals surface area contributed by atoms with Gasteiger partial charge in [0, 0.05) is 30.9 Å². The fourth-order valence-corrected chi connectivity index (χ4v) is 4.96. The lowest BCUT2D eigenvalue weighted by atomic mass is 9.87. The second kappa shape index (κ2) is 9.89. The van der Waals surface area contributed by atoms with Crippen LogP contribution in [-0.2, 0) is 11.8 Å². The molecule has 1 aromatic heterocycles. The average molecular weight is 494 g/mol. The molecule has 1 heterocycles. The summed E-state index contributed by atoms with van der Waals surface area (Å²) < 4.78 is 6.34. The van der Waals surface area contributed by atoms with Crippen LogP contribution >= 0.6 is 0 Å². The minimum atomic E-state index is -0.215. The van der Waals surface area contributed by atoms with Crippen molar-refractivity contribution in [3.05, 3.63) is 95.2 Å². The number of aryl methyl sites for hydroxylation is 1. The number of hydrogen-bond acceptors (Lipinski definition) is 4. The van der Waals surface area contributed by atoms with E-state index in [1.807, 2.05) is 61.5 Å². The molecule has 0 fully saturated rings. The molecule has 1 amide bonds. The zero-order valence-electron chi connectivity index (χ0n) is 22.3. The number of amides is 1. The summed E-state index contributed by atoms with van der Waals surface area (Å²) in [4.78, 5) is 20.5. The van der Waals surface area contributed by atoms with Crippen LogP contribution < -0.4 is 10.2 Å². The summed E-state index contributed by atoms with van der Waals surface area (Å²) in [5.74, 6) is 0.716. The van der Waals surface area contributed by atoms with Gasteiger partial charge < -0.3 is 14.6 Å². The molecule has 0 saturated heterocycles. The standard InChI is InChI=1S/C32H35N3O2/c1-32(2,3)24-18-16-22(17-19-24)31-34-28(29(37-31)23-12-8-13-25(20-23)35(4)5)30(36)33-27-15-9-11-21-10-6-7-14-26(21)27/h6-8,10,12-14,16-20,27H,9,11,15H2,1-5H3,(H,33,36). The Morgan fingerprint density at radius 2 is 1.73 bits per heavy atom. The Bertz CT molecular complexity index is 1410. The van der Waals surface area contributed by atoms with E-state index in [-0.39, 0.29) is 17.4 Å². The van der Waals surface area contributed by atoms with E-state index in [2.05, 4.69) is 56.4 Å². The number of oxazole rings is 1. The van der Waals surface area contributed by atoms with Gasteiger partial charge in [0.2, 0.25) is 5.89 Å². The van der Waals surface area contributed by atoms with E-state index in [1.165, 1.54) is 16.7 Å². The Labute approximate surface area is 219 Å². The Kier molecular flexibility index (Phi) is 6.63. The van der Waals surface area contributed by atoms with E-state index in [9.17, 15) is 4.79 Å². The molecule has 0 saturated carbocycles. The van der Waals surface area contributed by atoms with Crippen molar-refractivity contribution >= 4 is 11.6 Å². The molecule has 190 valence electrons. The van der Waals surface area contributed by atoms with Gasteiger partial charge in [-0.3, -0.25) is 4.79 Å². The number of benzene rings is 3. The molecule has 1 aliphatic rings. The molecule has 5 heteroatoms. The second-order valence-corrected chi connectivity index (χ2v) is 11.1. The van der Waals surface area contributed by atoms with Crippen molar-refractivity contribution in [3.63, 3.8) is 0 Å². The van der Waals surface area contributed by atoms with Crippen molar-refractivity contribution in [2.24, 2.45) is 0 Å². The second-order valence-electron chi connectivity index (χ2n) is 11.1. The third kappa shape index (κ3) is 5.17. The van der Waals surface area contributed by atoms with Gasteiger partial charge in [-0.2, -0.15) is 0 Å². The van der Waals surface area contributed by atoms with Crippen LogP contribution in [0.15, 0.2) is 77.2 Å². The van der Waals surface area contributed by atoms with Gasteiger partial charge in [0.1, 0.15) is 0 Å². The van der Waals surface area contributed by atoms with Crippen molar-refractivity contribution in [1.29, 1.82) is 0 Å². The number of carbonyl (C=O) groups is 1. The van der Waals surface area contributed by atoms with Crippen LogP contribution in [-0.4, -0.2) is 25.0 Å². The number of nitrogens with zero attached hydrogens (tertiary/aromatic N) is 2. The third-order valence-corrected chi connectivity index (χ3v) is 7.14. The summed E-state index contributed by atoms with van der Waals surface area (Å²) >= 11 is 0. The van der Waals surface area contributed by atoms with E-state index in [0.717, 1.165) is 36.1 Å². The maximum absolute atomic E-state index is 13.7. The quantitative estimate of drug-likeness (QED) is 0.320. The van der Waals surface area contributed by atoms with Crippen molar-refractivity contribution in [1.82, 2.24) is 10.3 Å². The Morgan fingerprint density at radius 3 is 2.46 bits per heavy atom. The summed E-state index contributed by atoms with van der Waals surface area (Å²) in [6.07, 6.45) is 3.00. The lowest BCUT2D eigenvalue weighted by Crippen LogP contribution is -2.31. The molecule has 0 radical (unpaired) electrons. The molecule has 5 nitrogen and oxygen atoms in total. The fourth-order valence-electron chi connectivity index (χ4n) is 4.96. The Morgan fingerprint density at radius 1 is 0.973 bits per heavy atom. The van der Waals surface area contributed by atoms with Gasteiger partial charge >= 0.3 is 0 Å². The predicted octanol–water partition coefficient (Wildman–Crippen LogP) is 7.18. The monoisotopic (exact) mass is 493 g/mol. The third-order valence-electron chi connectivity index (χ3n) is 7.14. The van der Waals surface area contributed by atoms with E-state index < -0.39 is 0 Å². The minimum Gasteiger partial charge on any atom is -0.435 e. The smallest absolute Gasteiger partial charge is 0.274 e. The molecule has 0 spiro atoms. The maximum atomic E-state index is 13.7. The minimum absolute atomic E-state index is 0.0374. The van der Waals surface area contributed by atoms with Crippen LogP contribution in [0, 0.1) is 0 Å². The molecule has 1 unspecified atom stereocenters. The summed E-state index contributed by atoms with van der Waals surface area (Å²) in [5.41, 5.74) is 6.79. The number of rotatable bonds is 5. The van der Waals surface area contributed by atoms with Crippen molar-refractivity contribution in [2.75, 3.05) is 19.0 Å². The lowest BCUT2D eigenvalue weighted by Gasteiger charge is -2.26. The summed E-state index contributed by atoms with van der Waals surface area (Å²) in [6, 6.07) is 24.6. The maximum Gasteiger partial charge on any atom is 0.274 e. The molecule has 37 heavy (non-hydrogen) atoms. The zero-order valence-corrected chi connectivity index (χ0v) is 22.3. The Hall–Kier alpha value is -3.86. The topological polar surface area (TPSA) is 58.4 Å². The van der Waals surface area contributed by atoms with Crippen molar-refractivity contribution in [3.8, 4) is 22.8 Å². The van der Waals surface area contributed by atoms with Gasteiger partial charge in [-0.05, 0) is 65.6 Å². The van der Waals surface area contributed by atoms with E-state index >= 15 is 0 Å². The highest BCUT2D eigenvalue weighted by Gasteiger charge is 2.27. The first-order chi connectivity index (χ1) is 17.7. The molecule has 0 aliphatic heterocycles. The summed E-state index contributed by atoms with van der Waals surface area (Å²) in [7, 11) is 3.99. The molecule has 3 aromatic carbocycles. The van der Waals surface area contributed by atoms with E-state index in [4.69, 9.17) is 9.40 Å². The molecule has 5 rings (SSSR count). The summed E-state index contributed by atoms with van der Waals surface area (Å²) in [6.45, 7) is 6.57. The fraction of sp³-hybridized carbons (Fsp3) is 0.312. The van der Waals surface area contributed by atoms with E-state index in [1.54, 1.807) is 0 Å². The van der Waals surface area contributed by atoms with Gasteiger partial charge in [0.15, 0.2) is 11.5 Å². The van der Waals surface area contributed by atoms with Crippen molar-refractivity contribution in [2.45, 2.75) is 51.5 Å². The Balaban J connectivity index is 1.54. The first-order valence-electron chi connectivity index (χ1n) is 13.0. The highest BCUT2D eigenvalue weighted by Crippen LogP contribution is 2.34. The summed E-state index contributed by atoms with van der Waals surface area (Å²) in [5, 5.41) is 3.26. The van der Waals surface area contributed by atoms with Crippen LogP contribution in [0.25, 0.3) is 22.8 Å². The van der Waals surface area contributed by atoms with Crippen molar-refractivity contribution < 1.29 is 9.21 Å². The van der Waals surface area contributed by atoms with Crippen LogP contribution in [0.5, 0.6) is 0 Å². The molecule has 1 atom stereocenters. The van der Waals surface area contributed by atoms with Crippen LogP contribution in [0.2, 0.25) is 0 Å². The number of carbonyl (C=O) groups excluding carboxylic acids is 1. The lowest BCUT2D eigenvalue weighted by molar-refractivity contribution is 0.0928. The SMILES string of the molecule is CN(C)c1cccc(-c2oc(-c3ccc(C(C)(C)C)cc3)nc2C(=O)NC2CCCc3ccccc32)c1. The molecule has 1 aliphatic carbocycles. The van der Waals surface area contributed by atoms with Gasteiger partial charge in [0.25, 0.3) is 5.91 Å². The molecule has 0 bridgehead atoms. The molecular formula is C32H35N3O2. The number of hydrogen-bond donors (Lipinski definition) is 1. The number of nitrogens with one attached hydrogen (secondary N) is 1. The van der Waals surface area contributed by atoms with Gasteiger partial charge in [-0.1, -0.05) is 69.3 Å². The normalized spacial score (nSPS) is 15.2. The predicted molar refractivity (Wildman–Crippen MR) is 150 cm³/mol. The van der Waals surface area contributed by atoms with Gasteiger partial charge in [-0.25, -0.2) is 4.98 Å². The highest BCUT2D eigenvalue weighted by atomic mass is 16.4. The first kappa shape index (κ1) is 24.8. The van der Waals surface area contributed by atoms with Crippen LogP contribution in [0.3, 0.4) is 0 Å². The number of anilines is 1. The number of aromatic nitrogens is 1. The largest absolute Gasteiger partial charge is 0.435 e. The van der Waals surface area contributed by atoms with Crippen LogP contribution in [0.4, 0.5) is 5.69 Å². The first-order valence-corrected chi connectivity index (χ1v) is 13.0. The van der Waals surface area contributed by atoms with Crippen LogP contribution in [0.1, 0.15) is 66.8 Å². The number of fused-ring (bicyclic) bond motifs is 1. The molecular weight excluding hydrogens is 458 g/mol. The average Bonchev–Trinajstić information content (AvgIpc) is 3.34. The molecule has 1 N–H and O–H groups in total.